The van der Waals surface area contributed by atoms with Crippen molar-refractivity contribution >= 4 is 23.0 Å². The van der Waals surface area contributed by atoms with E-state index < -0.39 is 21.8 Å². The standard InChI is InChI=1S/C15H12ClN3O4/c1-15(2)6-12(10-7-17-4-3-13(10)23-15)18-8-9(16)5-11(14(18)20)19(21)22/h3-8H,1-2H3. The normalized spacial score (nSPS) is 15.3. The Balaban J connectivity index is 2.31. The molecule has 3 rings (SSSR count). The molecule has 0 radical (unpaired) electrons. The first-order chi connectivity index (χ1) is 10.8. The van der Waals surface area contributed by atoms with Crippen LogP contribution in [0.15, 0.2) is 41.6 Å². The van der Waals surface area contributed by atoms with E-state index >= 15 is 0 Å². The zero-order valence-electron chi connectivity index (χ0n) is 12.3. The quantitative estimate of drug-likeness (QED) is 0.623. The molecule has 0 amide bonds. The highest BCUT2D eigenvalue weighted by Crippen LogP contribution is 2.36. The molecular formula is C15H12ClN3O4. The molecule has 0 spiro atoms. The Labute approximate surface area is 135 Å². The van der Waals surface area contributed by atoms with Gasteiger partial charge in [0.05, 0.1) is 21.2 Å². The van der Waals surface area contributed by atoms with Gasteiger partial charge in [0, 0.05) is 24.7 Å². The number of nitrogens with zero attached hydrogens (tertiary/aromatic N) is 3. The summed E-state index contributed by atoms with van der Waals surface area (Å²) in [5.41, 5.74) is -1.04. The van der Waals surface area contributed by atoms with Crippen molar-refractivity contribution in [3.8, 4) is 5.75 Å². The number of halogens is 1. The zero-order chi connectivity index (χ0) is 16.8. The average Bonchev–Trinajstić information content (AvgIpc) is 2.47. The Bertz CT molecular complexity index is 902. The molecule has 3 heterocycles. The molecule has 0 fully saturated rings. The molecular weight excluding hydrogens is 322 g/mol. The van der Waals surface area contributed by atoms with Crippen LogP contribution in [-0.4, -0.2) is 20.1 Å². The lowest BCUT2D eigenvalue weighted by Crippen LogP contribution is -2.32. The molecule has 0 unspecified atom stereocenters. The predicted molar refractivity (Wildman–Crippen MR) is 84.7 cm³/mol. The summed E-state index contributed by atoms with van der Waals surface area (Å²) in [7, 11) is 0. The molecule has 2 aromatic heterocycles. The molecule has 23 heavy (non-hydrogen) atoms. The van der Waals surface area contributed by atoms with Gasteiger partial charge in [-0.2, -0.15) is 0 Å². The molecule has 1 aliphatic heterocycles. The molecule has 0 saturated carbocycles. The summed E-state index contributed by atoms with van der Waals surface area (Å²) in [4.78, 5) is 26.8. The summed E-state index contributed by atoms with van der Waals surface area (Å²) in [5.74, 6) is 0.539. The Kier molecular flexibility index (Phi) is 3.45. The van der Waals surface area contributed by atoms with Crippen LogP contribution in [-0.2, 0) is 0 Å². The van der Waals surface area contributed by atoms with E-state index in [-0.39, 0.29) is 5.02 Å². The second-order valence-corrected chi connectivity index (χ2v) is 6.02. The van der Waals surface area contributed by atoms with Crippen LogP contribution in [0.5, 0.6) is 5.75 Å². The maximum Gasteiger partial charge on any atom is 0.335 e. The zero-order valence-corrected chi connectivity index (χ0v) is 13.1. The van der Waals surface area contributed by atoms with Gasteiger partial charge in [-0.3, -0.25) is 24.5 Å². The highest BCUT2D eigenvalue weighted by atomic mass is 35.5. The number of rotatable bonds is 2. The maximum absolute atomic E-state index is 12.4. The molecule has 0 bridgehead atoms. The van der Waals surface area contributed by atoms with Gasteiger partial charge >= 0.3 is 11.2 Å². The third-order valence-electron chi connectivity index (χ3n) is 3.34. The minimum atomic E-state index is -0.766. The van der Waals surface area contributed by atoms with E-state index in [1.807, 2.05) is 13.8 Å². The van der Waals surface area contributed by atoms with Crippen molar-refractivity contribution in [1.82, 2.24) is 9.55 Å². The van der Waals surface area contributed by atoms with E-state index in [0.29, 0.717) is 17.0 Å². The minimum absolute atomic E-state index is 0.0898. The monoisotopic (exact) mass is 333 g/mol. The molecule has 118 valence electrons. The lowest BCUT2D eigenvalue weighted by atomic mass is 10.0. The van der Waals surface area contributed by atoms with E-state index in [4.69, 9.17) is 16.3 Å². The van der Waals surface area contributed by atoms with E-state index in [9.17, 15) is 14.9 Å². The second kappa shape index (κ2) is 5.20. The molecule has 0 N–H and O–H groups in total. The van der Waals surface area contributed by atoms with Crippen LogP contribution >= 0.6 is 11.6 Å². The van der Waals surface area contributed by atoms with E-state index in [1.165, 1.54) is 12.4 Å². The first-order valence-electron chi connectivity index (χ1n) is 6.72. The lowest BCUT2D eigenvalue weighted by Gasteiger charge is -2.31. The molecule has 0 saturated heterocycles. The molecule has 8 heteroatoms. The van der Waals surface area contributed by atoms with Gasteiger partial charge in [0.2, 0.25) is 0 Å². The number of ether oxygens (including phenoxy) is 1. The van der Waals surface area contributed by atoms with Crippen molar-refractivity contribution in [2.75, 3.05) is 0 Å². The molecule has 7 nitrogen and oxygen atoms in total. The molecule has 0 atom stereocenters. The van der Waals surface area contributed by atoms with Crippen molar-refractivity contribution in [3.63, 3.8) is 0 Å². The predicted octanol–water partition coefficient (Wildman–Crippen LogP) is 2.87. The fourth-order valence-corrected chi connectivity index (χ4v) is 2.63. The number of hydrogen-bond acceptors (Lipinski definition) is 5. The van der Waals surface area contributed by atoms with Crippen molar-refractivity contribution in [2.24, 2.45) is 0 Å². The number of pyridine rings is 2. The minimum Gasteiger partial charge on any atom is -0.483 e. The third-order valence-corrected chi connectivity index (χ3v) is 3.54. The van der Waals surface area contributed by atoms with Gasteiger partial charge in [0.1, 0.15) is 11.4 Å². The molecule has 1 aliphatic rings. The Morgan fingerprint density at radius 3 is 2.87 bits per heavy atom. The Hall–Kier alpha value is -2.67. The lowest BCUT2D eigenvalue weighted by molar-refractivity contribution is -0.386. The summed E-state index contributed by atoms with van der Waals surface area (Å²) in [5, 5.41) is 11.1. The fraction of sp³-hybridized carbons (Fsp3) is 0.200. The largest absolute Gasteiger partial charge is 0.483 e. The van der Waals surface area contributed by atoms with Gasteiger partial charge in [0.15, 0.2) is 0 Å². The summed E-state index contributed by atoms with van der Waals surface area (Å²) in [6.45, 7) is 3.64. The topological polar surface area (TPSA) is 87.3 Å². The maximum atomic E-state index is 12.4. The van der Waals surface area contributed by atoms with Crippen molar-refractivity contribution < 1.29 is 9.66 Å². The summed E-state index contributed by atoms with van der Waals surface area (Å²) < 4.78 is 6.98. The van der Waals surface area contributed by atoms with Gasteiger partial charge in [-0.25, -0.2) is 0 Å². The van der Waals surface area contributed by atoms with Crippen LogP contribution in [0.3, 0.4) is 0 Å². The van der Waals surface area contributed by atoms with Gasteiger partial charge < -0.3 is 4.74 Å². The Morgan fingerprint density at radius 2 is 2.17 bits per heavy atom. The number of hydrogen-bond donors (Lipinski definition) is 0. The highest BCUT2D eigenvalue weighted by molar-refractivity contribution is 6.30. The second-order valence-electron chi connectivity index (χ2n) is 5.58. The Morgan fingerprint density at radius 1 is 1.43 bits per heavy atom. The fourth-order valence-electron chi connectivity index (χ4n) is 2.43. The van der Waals surface area contributed by atoms with Crippen LogP contribution in [0.4, 0.5) is 5.69 Å². The molecule has 2 aromatic rings. The van der Waals surface area contributed by atoms with Crippen LogP contribution in [0, 0.1) is 10.1 Å². The van der Waals surface area contributed by atoms with E-state index in [2.05, 4.69) is 4.98 Å². The van der Waals surface area contributed by atoms with E-state index in [1.54, 1.807) is 18.3 Å². The van der Waals surface area contributed by atoms with Crippen LogP contribution < -0.4 is 10.3 Å². The highest BCUT2D eigenvalue weighted by Gasteiger charge is 2.29. The van der Waals surface area contributed by atoms with E-state index in [0.717, 1.165) is 10.6 Å². The van der Waals surface area contributed by atoms with Crippen molar-refractivity contribution in [2.45, 2.75) is 19.4 Å². The molecule has 0 aliphatic carbocycles. The third kappa shape index (κ3) is 2.70. The summed E-state index contributed by atoms with van der Waals surface area (Å²) in [6, 6.07) is 2.71. The first-order valence-corrected chi connectivity index (χ1v) is 7.09. The van der Waals surface area contributed by atoms with Crippen LogP contribution in [0.2, 0.25) is 5.02 Å². The summed E-state index contributed by atoms with van der Waals surface area (Å²) in [6.07, 6.45) is 6.16. The number of aromatic nitrogens is 2. The van der Waals surface area contributed by atoms with Gasteiger partial charge in [-0.1, -0.05) is 11.6 Å². The van der Waals surface area contributed by atoms with Gasteiger partial charge in [0.25, 0.3) is 0 Å². The average molecular weight is 334 g/mol. The van der Waals surface area contributed by atoms with Crippen LogP contribution in [0.25, 0.3) is 5.70 Å². The smallest absolute Gasteiger partial charge is 0.335 e. The molecule has 0 aromatic carbocycles. The SMILES string of the molecule is CC1(C)C=C(n2cc(Cl)cc([N+](=O)[O-])c2=O)c2cnccc2O1. The number of nitro groups is 1. The van der Waals surface area contributed by atoms with Crippen molar-refractivity contribution in [3.05, 3.63) is 67.9 Å². The van der Waals surface area contributed by atoms with Gasteiger partial charge in [-0.15, -0.1) is 0 Å². The van der Waals surface area contributed by atoms with Gasteiger partial charge in [-0.05, 0) is 26.0 Å². The van der Waals surface area contributed by atoms with Crippen molar-refractivity contribution in [1.29, 1.82) is 0 Å². The summed E-state index contributed by atoms with van der Waals surface area (Å²) >= 11 is 5.95. The first kappa shape index (κ1) is 15.2. The van der Waals surface area contributed by atoms with Crippen LogP contribution in [0.1, 0.15) is 19.4 Å². The number of fused-ring (bicyclic) bond motifs is 1.